The molecule has 0 fully saturated rings. The maximum absolute atomic E-state index is 4.61. The van der Waals surface area contributed by atoms with Gasteiger partial charge in [-0.1, -0.05) is 30.3 Å². The Bertz CT molecular complexity index is 567. The van der Waals surface area contributed by atoms with Crippen molar-refractivity contribution in [1.29, 1.82) is 0 Å². The third-order valence-electron chi connectivity index (χ3n) is 3.94. The summed E-state index contributed by atoms with van der Waals surface area (Å²) in [5.41, 5.74) is 6.27. The van der Waals surface area contributed by atoms with E-state index in [4.69, 9.17) is 0 Å². The molecule has 2 aromatic rings. The number of nitrogens with zero attached hydrogens (tertiary/aromatic N) is 1. The summed E-state index contributed by atoms with van der Waals surface area (Å²) in [6, 6.07) is 13.6. The topological polar surface area (TPSA) is 24.9 Å². The number of pyridine rings is 1. The van der Waals surface area contributed by atoms with Crippen LogP contribution in [0.1, 0.15) is 48.0 Å². The number of aryl methyl sites for hydroxylation is 3. The zero-order chi connectivity index (χ0) is 15.4. The molecule has 2 rings (SSSR count). The summed E-state index contributed by atoms with van der Waals surface area (Å²) >= 11 is 0. The van der Waals surface area contributed by atoms with E-state index in [1.807, 2.05) is 0 Å². The van der Waals surface area contributed by atoms with E-state index in [9.17, 15) is 0 Å². The van der Waals surface area contributed by atoms with Crippen molar-refractivity contribution in [3.63, 3.8) is 0 Å². The highest BCUT2D eigenvalue weighted by atomic mass is 14.9. The quantitative estimate of drug-likeness (QED) is 0.885. The van der Waals surface area contributed by atoms with Gasteiger partial charge in [-0.3, -0.25) is 4.98 Å². The van der Waals surface area contributed by atoms with Crippen molar-refractivity contribution in [2.45, 2.75) is 53.1 Å². The van der Waals surface area contributed by atoms with Gasteiger partial charge in [-0.2, -0.15) is 0 Å². The van der Waals surface area contributed by atoms with Crippen LogP contribution in [0.4, 0.5) is 0 Å². The van der Waals surface area contributed by atoms with Crippen LogP contribution in [0.15, 0.2) is 36.4 Å². The minimum Gasteiger partial charge on any atom is -0.307 e. The fourth-order valence-corrected chi connectivity index (χ4v) is 3.22. The zero-order valence-corrected chi connectivity index (χ0v) is 13.8. The third-order valence-corrected chi connectivity index (χ3v) is 3.94. The van der Waals surface area contributed by atoms with Crippen LogP contribution in [0.5, 0.6) is 0 Å². The molecule has 0 saturated heterocycles. The van der Waals surface area contributed by atoms with Crippen molar-refractivity contribution >= 4 is 0 Å². The van der Waals surface area contributed by atoms with Crippen LogP contribution in [0.2, 0.25) is 0 Å². The maximum atomic E-state index is 4.61. The molecule has 1 heterocycles. The average molecular weight is 282 g/mol. The lowest BCUT2D eigenvalue weighted by Crippen LogP contribution is -2.31. The Balaban J connectivity index is 2.06. The molecule has 0 aliphatic rings. The molecule has 1 aromatic heterocycles. The van der Waals surface area contributed by atoms with Crippen LogP contribution in [0, 0.1) is 20.8 Å². The lowest BCUT2D eigenvalue weighted by Gasteiger charge is -2.23. The van der Waals surface area contributed by atoms with Crippen molar-refractivity contribution in [2.75, 3.05) is 0 Å². The van der Waals surface area contributed by atoms with Gasteiger partial charge in [0.25, 0.3) is 0 Å². The molecule has 0 aliphatic carbocycles. The number of rotatable bonds is 5. The predicted octanol–water partition coefficient (Wildman–Crippen LogP) is 4.29. The molecule has 0 amide bonds. The van der Waals surface area contributed by atoms with Crippen LogP contribution in [-0.4, -0.2) is 11.0 Å². The number of nitrogens with one attached hydrogen (secondary N) is 1. The Kier molecular flexibility index (Phi) is 5.13. The van der Waals surface area contributed by atoms with E-state index in [-0.39, 0.29) is 0 Å². The van der Waals surface area contributed by atoms with Gasteiger partial charge in [-0.05, 0) is 63.8 Å². The van der Waals surface area contributed by atoms with E-state index >= 15 is 0 Å². The summed E-state index contributed by atoms with van der Waals surface area (Å²) < 4.78 is 0. The molecule has 2 nitrogen and oxygen atoms in total. The van der Waals surface area contributed by atoms with Crippen molar-refractivity contribution in [3.05, 3.63) is 64.5 Å². The van der Waals surface area contributed by atoms with Crippen LogP contribution in [-0.2, 0) is 6.42 Å². The minimum absolute atomic E-state index is 0.316. The number of hydrogen-bond acceptors (Lipinski definition) is 2. The molecule has 0 spiro atoms. The molecule has 2 unspecified atom stereocenters. The van der Waals surface area contributed by atoms with E-state index in [2.05, 4.69) is 81.3 Å². The van der Waals surface area contributed by atoms with E-state index in [0.29, 0.717) is 12.1 Å². The Labute approximate surface area is 128 Å². The van der Waals surface area contributed by atoms with Gasteiger partial charge < -0.3 is 5.32 Å². The second-order valence-electron chi connectivity index (χ2n) is 6.06. The van der Waals surface area contributed by atoms with Crippen molar-refractivity contribution in [3.8, 4) is 0 Å². The lowest BCUT2D eigenvalue weighted by molar-refractivity contribution is 0.473. The summed E-state index contributed by atoms with van der Waals surface area (Å²) in [6.07, 6.45) is 1.04. The van der Waals surface area contributed by atoms with Crippen molar-refractivity contribution in [1.82, 2.24) is 10.3 Å². The van der Waals surface area contributed by atoms with Gasteiger partial charge in [0.1, 0.15) is 0 Å². The van der Waals surface area contributed by atoms with Crippen molar-refractivity contribution in [2.24, 2.45) is 0 Å². The molecule has 112 valence electrons. The molecule has 0 radical (unpaired) electrons. The lowest BCUT2D eigenvalue weighted by atomic mass is 9.98. The summed E-state index contributed by atoms with van der Waals surface area (Å²) in [7, 11) is 0. The van der Waals surface area contributed by atoms with Gasteiger partial charge >= 0.3 is 0 Å². The Hall–Kier alpha value is -1.67. The first-order chi connectivity index (χ1) is 9.97. The summed E-state index contributed by atoms with van der Waals surface area (Å²) in [5, 5.41) is 3.71. The summed E-state index contributed by atoms with van der Waals surface area (Å²) in [5.74, 6) is 0. The SMILES string of the molecule is Cc1cc(C)c(C(C)NC(C)Cc2ccccc2)c(C)n1. The highest BCUT2D eigenvalue weighted by Crippen LogP contribution is 2.22. The third kappa shape index (κ3) is 4.15. The van der Waals surface area contributed by atoms with E-state index in [0.717, 1.165) is 17.8 Å². The van der Waals surface area contributed by atoms with E-state index in [1.165, 1.54) is 16.7 Å². The van der Waals surface area contributed by atoms with Gasteiger partial charge in [-0.15, -0.1) is 0 Å². The predicted molar refractivity (Wildman–Crippen MR) is 89.6 cm³/mol. The van der Waals surface area contributed by atoms with Gasteiger partial charge in [0.2, 0.25) is 0 Å². The normalized spacial score (nSPS) is 14.0. The number of hydrogen-bond donors (Lipinski definition) is 1. The van der Waals surface area contributed by atoms with Crippen LogP contribution in [0.25, 0.3) is 0 Å². The van der Waals surface area contributed by atoms with Gasteiger partial charge in [0.15, 0.2) is 0 Å². The largest absolute Gasteiger partial charge is 0.307 e. The molecular formula is C19H26N2. The first kappa shape index (κ1) is 15.7. The Morgan fingerprint density at radius 2 is 1.71 bits per heavy atom. The second-order valence-corrected chi connectivity index (χ2v) is 6.06. The zero-order valence-electron chi connectivity index (χ0n) is 13.8. The Morgan fingerprint density at radius 3 is 2.33 bits per heavy atom. The second kappa shape index (κ2) is 6.86. The molecule has 0 bridgehead atoms. The monoisotopic (exact) mass is 282 g/mol. The fraction of sp³-hybridized carbons (Fsp3) is 0.421. The molecule has 0 saturated carbocycles. The fourth-order valence-electron chi connectivity index (χ4n) is 3.22. The first-order valence-electron chi connectivity index (χ1n) is 7.72. The smallest absolute Gasteiger partial charge is 0.0426 e. The summed E-state index contributed by atoms with van der Waals surface area (Å²) in [6.45, 7) is 10.8. The van der Waals surface area contributed by atoms with E-state index in [1.54, 1.807) is 0 Å². The molecule has 1 aromatic carbocycles. The van der Waals surface area contributed by atoms with Crippen LogP contribution >= 0.6 is 0 Å². The van der Waals surface area contributed by atoms with Crippen molar-refractivity contribution < 1.29 is 0 Å². The molecule has 21 heavy (non-hydrogen) atoms. The molecular weight excluding hydrogens is 256 g/mol. The van der Waals surface area contributed by atoms with E-state index < -0.39 is 0 Å². The highest BCUT2D eigenvalue weighted by molar-refractivity contribution is 5.33. The van der Waals surface area contributed by atoms with Gasteiger partial charge in [0, 0.05) is 23.5 Å². The molecule has 1 N–H and O–H groups in total. The summed E-state index contributed by atoms with van der Waals surface area (Å²) in [4.78, 5) is 4.61. The van der Waals surface area contributed by atoms with Gasteiger partial charge in [-0.25, -0.2) is 0 Å². The maximum Gasteiger partial charge on any atom is 0.0426 e. The number of benzene rings is 1. The molecule has 2 heteroatoms. The Morgan fingerprint density at radius 1 is 1.05 bits per heavy atom. The minimum atomic E-state index is 0.316. The number of aromatic nitrogens is 1. The van der Waals surface area contributed by atoms with Gasteiger partial charge in [0.05, 0.1) is 0 Å². The molecule has 0 aliphatic heterocycles. The standard InChI is InChI=1S/C19H26N2/c1-13-11-14(2)20-16(4)19(13)17(5)21-15(3)12-18-9-7-6-8-10-18/h6-11,15,17,21H,12H2,1-5H3. The highest BCUT2D eigenvalue weighted by Gasteiger charge is 2.15. The van der Waals surface area contributed by atoms with Crippen LogP contribution in [0.3, 0.4) is 0 Å². The first-order valence-corrected chi connectivity index (χ1v) is 7.72. The average Bonchev–Trinajstić information content (AvgIpc) is 2.38. The molecule has 2 atom stereocenters. The van der Waals surface area contributed by atoms with Crippen LogP contribution < -0.4 is 5.32 Å².